The molecule has 2 aliphatic carbocycles. The number of pyridine rings is 1. The van der Waals surface area contributed by atoms with Crippen LogP contribution >= 0.6 is 0 Å². The minimum Gasteiger partial charge on any atom is -0.444 e. The highest BCUT2D eigenvalue weighted by molar-refractivity contribution is 5.87. The summed E-state index contributed by atoms with van der Waals surface area (Å²) in [4.78, 5) is 38.3. The summed E-state index contributed by atoms with van der Waals surface area (Å²) in [5, 5.41) is 3.07. The Kier molecular flexibility index (Phi) is 8.60. The fraction of sp³-hybridized carbons (Fsp3) is 0.576. The van der Waals surface area contributed by atoms with Crippen molar-refractivity contribution in [3.05, 3.63) is 59.7 Å². The molecular formula is C33H45N5O4. The predicted octanol–water partition coefficient (Wildman–Crippen LogP) is 6.93. The van der Waals surface area contributed by atoms with Gasteiger partial charge in [-0.1, -0.05) is 18.2 Å². The minimum atomic E-state index is -0.634. The standard InChI is InChI=1S/C33H45N5O4/c1-32(2,3)41-30(39)35-23-16-18-24(19-17-23)37(27-15-9-11-22-12-10-20-34-29(22)27)21-28-36-25-13-7-8-14-26(25)38(28)31(40)42-33(4,5)6/h7-8,10,12-14,20,23-24,27H,9,11,15-19,21H2,1-6H3,(H,35,39). The molecular weight excluding hydrogens is 530 g/mol. The molecule has 2 heterocycles. The molecule has 1 fully saturated rings. The van der Waals surface area contributed by atoms with Gasteiger partial charge in [-0.15, -0.1) is 0 Å². The van der Waals surface area contributed by atoms with Gasteiger partial charge in [-0.2, -0.15) is 0 Å². The van der Waals surface area contributed by atoms with Crippen molar-refractivity contribution in [2.45, 2.75) is 122 Å². The van der Waals surface area contributed by atoms with Crippen LogP contribution in [0, 0.1) is 0 Å². The molecule has 2 aromatic heterocycles. The predicted molar refractivity (Wildman–Crippen MR) is 162 cm³/mol. The molecule has 1 amide bonds. The second-order valence-electron chi connectivity index (χ2n) is 13.6. The van der Waals surface area contributed by atoms with Crippen LogP contribution in [-0.2, 0) is 22.4 Å². The molecule has 0 spiro atoms. The van der Waals surface area contributed by atoms with Crippen molar-refractivity contribution in [3.8, 4) is 0 Å². The number of imidazole rings is 1. The third-order valence-electron chi connectivity index (χ3n) is 7.98. The number of aromatic nitrogens is 3. The highest BCUT2D eigenvalue weighted by atomic mass is 16.6. The molecule has 0 bridgehead atoms. The fourth-order valence-corrected chi connectivity index (χ4v) is 6.28. The van der Waals surface area contributed by atoms with E-state index in [2.05, 4.69) is 16.3 Å². The van der Waals surface area contributed by atoms with Gasteiger partial charge < -0.3 is 14.8 Å². The number of hydrogen-bond acceptors (Lipinski definition) is 7. The summed E-state index contributed by atoms with van der Waals surface area (Å²) in [5.74, 6) is 0.669. The number of carbonyl (C=O) groups is 2. The largest absolute Gasteiger partial charge is 0.444 e. The second-order valence-corrected chi connectivity index (χ2v) is 13.6. The maximum Gasteiger partial charge on any atom is 0.420 e. The molecule has 1 aromatic carbocycles. The zero-order valence-electron chi connectivity index (χ0n) is 25.9. The molecule has 9 heteroatoms. The number of ether oxygens (including phenoxy) is 2. The zero-order chi connectivity index (χ0) is 30.1. The molecule has 1 saturated carbocycles. The Morgan fingerprint density at radius 1 is 0.952 bits per heavy atom. The highest BCUT2D eigenvalue weighted by Crippen LogP contribution is 2.38. The van der Waals surface area contributed by atoms with Crippen LogP contribution in [0.25, 0.3) is 11.0 Å². The molecule has 42 heavy (non-hydrogen) atoms. The van der Waals surface area contributed by atoms with E-state index in [1.165, 1.54) is 5.56 Å². The number of rotatable bonds is 5. The quantitative estimate of drug-likeness (QED) is 0.352. The molecule has 1 N–H and O–H groups in total. The zero-order valence-corrected chi connectivity index (χ0v) is 25.9. The van der Waals surface area contributed by atoms with Crippen LogP contribution < -0.4 is 5.32 Å². The summed E-state index contributed by atoms with van der Waals surface area (Å²) < 4.78 is 13.0. The van der Waals surface area contributed by atoms with Gasteiger partial charge >= 0.3 is 12.2 Å². The number of alkyl carbamates (subject to hydrolysis) is 1. The first-order valence-corrected chi connectivity index (χ1v) is 15.3. The average molecular weight is 576 g/mol. The monoisotopic (exact) mass is 575 g/mol. The second kappa shape index (κ2) is 12.0. The lowest BCUT2D eigenvalue weighted by Gasteiger charge is -2.43. The van der Waals surface area contributed by atoms with Crippen LogP contribution in [-0.4, -0.2) is 54.9 Å². The van der Waals surface area contributed by atoms with Gasteiger partial charge in [-0.05, 0) is 110 Å². The molecule has 3 aromatic rings. The van der Waals surface area contributed by atoms with Crippen molar-refractivity contribution >= 4 is 23.2 Å². The van der Waals surface area contributed by atoms with Crippen molar-refractivity contribution in [2.24, 2.45) is 0 Å². The Morgan fingerprint density at radius 2 is 1.67 bits per heavy atom. The van der Waals surface area contributed by atoms with Gasteiger partial charge in [-0.3, -0.25) is 9.88 Å². The van der Waals surface area contributed by atoms with Crippen LogP contribution in [0.4, 0.5) is 9.59 Å². The lowest BCUT2D eigenvalue weighted by molar-refractivity contribution is 0.0433. The fourth-order valence-electron chi connectivity index (χ4n) is 6.28. The Hall–Kier alpha value is -3.46. The number of amides is 1. The van der Waals surface area contributed by atoms with Crippen molar-refractivity contribution in [3.63, 3.8) is 0 Å². The first-order chi connectivity index (χ1) is 19.9. The van der Waals surface area contributed by atoms with Crippen LogP contribution in [0.3, 0.4) is 0 Å². The van der Waals surface area contributed by atoms with Crippen molar-refractivity contribution in [2.75, 3.05) is 0 Å². The molecule has 0 radical (unpaired) electrons. The molecule has 0 saturated heterocycles. The Morgan fingerprint density at radius 3 is 2.38 bits per heavy atom. The first kappa shape index (κ1) is 30.0. The highest BCUT2D eigenvalue weighted by Gasteiger charge is 2.36. The number of aryl methyl sites for hydroxylation is 1. The minimum absolute atomic E-state index is 0.0704. The van der Waals surface area contributed by atoms with E-state index in [1.54, 1.807) is 4.57 Å². The molecule has 0 aliphatic heterocycles. The van der Waals surface area contributed by atoms with Gasteiger partial charge in [0.05, 0.1) is 29.3 Å². The number of fused-ring (bicyclic) bond motifs is 2. The molecule has 226 valence electrons. The maximum atomic E-state index is 13.6. The van der Waals surface area contributed by atoms with Crippen molar-refractivity contribution < 1.29 is 19.1 Å². The molecule has 1 atom stereocenters. The third-order valence-corrected chi connectivity index (χ3v) is 7.98. The Bertz CT molecular complexity index is 1410. The number of nitrogens with zero attached hydrogens (tertiary/aromatic N) is 4. The number of hydrogen-bond donors (Lipinski definition) is 1. The summed E-state index contributed by atoms with van der Waals surface area (Å²) in [7, 11) is 0. The molecule has 1 unspecified atom stereocenters. The van der Waals surface area contributed by atoms with Crippen molar-refractivity contribution in [1.82, 2.24) is 24.8 Å². The van der Waals surface area contributed by atoms with Gasteiger partial charge in [0.1, 0.15) is 17.0 Å². The number of benzene rings is 1. The summed E-state index contributed by atoms with van der Waals surface area (Å²) in [6.07, 6.45) is 7.72. The van der Waals surface area contributed by atoms with Gasteiger partial charge in [0, 0.05) is 18.3 Å². The van der Waals surface area contributed by atoms with E-state index in [9.17, 15) is 9.59 Å². The lowest BCUT2D eigenvalue weighted by atomic mass is 9.85. The number of para-hydroxylation sites is 2. The van der Waals surface area contributed by atoms with Crippen molar-refractivity contribution in [1.29, 1.82) is 0 Å². The SMILES string of the molecule is CC(C)(C)OC(=O)NC1CCC(N(Cc2nc3ccccc3n2C(=O)OC(C)(C)C)C2CCCc3cccnc32)CC1. The summed E-state index contributed by atoms with van der Waals surface area (Å²) in [6, 6.07) is 12.4. The topological polar surface area (TPSA) is 98.6 Å². The van der Waals surface area contributed by atoms with E-state index >= 15 is 0 Å². The van der Waals surface area contributed by atoms with Crippen LogP contribution in [0.1, 0.15) is 103 Å². The maximum absolute atomic E-state index is 13.6. The van der Waals surface area contributed by atoms with Gasteiger partial charge in [0.15, 0.2) is 0 Å². The van der Waals surface area contributed by atoms with E-state index in [0.29, 0.717) is 12.4 Å². The number of carbonyl (C=O) groups excluding carboxylic acids is 2. The summed E-state index contributed by atoms with van der Waals surface area (Å²) in [6.45, 7) is 11.8. The first-order valence-electron chi connectivity index (χ1n) is 15.3. The molecule has 5 rings (SSSR count). The van der Waals surface area contributed by atoms with E-state index in [1.807, 2.05) is 78.1 Å². The normalized spacial score (nSPS) is 21.2. The Labute approximate surface area is 249 Å². The number of nitrogens with one attached hydrogen (secondary N) is 1. The van der Waals surface area contributed by atoms with E-state index in [0.717, 1.165) is 61.7 Å². The van der Waals surface area contributed by atoms with Gasteiger partial charge in [-0.25, -0.2) is 19.1 Å². The molecule has 2 aliphatic rings. The van der Waals surface area contributed by atoms with E-state index < -0.39 is 17.3 Å². The lowest BCUT2D eigenvalue weighted by Crippen LogP contribution is -2.47. The third kappa shape index (κ3) is 7.12. The van der Waals surface area contributed by atoms with Crippen LogP contribution in [0.15, 0.2) is 42.6 Å². The Balaban J connectivity index is 1.45. The van der Waals surface area contributed by atoms with E-state index in [4.69, 9.17) is 19.4 Å². The summed E-state index contributed by atoms with van der Waals surface area (Å²) >= 11 is 0. The smallest absolute Gasteiger partial charge is 0.420 e. The van der Waals surface area contributed by atoms with Crippen LogP contribution in [0.2, 0.25) is 0 Å². The average Bonchev–Trinajstić information content (AvgIpc) is 3.28. The summed E-state index contributed by atoms with van der Waals surface area (Å²) in [5.41, 5.74) is 2.77. The van der Waals surface area contributed by atoms with E-state index in [-0.39, 0.29) is 24.2 Å². The van der Waals surface area contributed by atoms with Crippen LogP contribution in [0.5, 0.6) is 0 Å². The molecule has 9 nitrogen and oxygen atoms in total. The van der Waals surface area contributed by atoms with Gasteiger partial charge in [0.25, 0.3) is 0 Å². The van der Waals surface area contributed by atoms with Gasteiger partial charge in [0.2, 0.25) is 0 Å².